The van der Waals surface area contributed by atoms with Gasteiger partial charge >= 0.3 is 0 Å². The first-order valence-corrected chi connectivity index (χ1v) is 7.57. The van der Waals surface area contributed by atoms with Crippen molar-refractivity contribution in [3.8, 4) is 0 Å². The summed E-state index contributed by atoms with van der Waals surface area (Å²) in [4.78, 5) is 12.8. The van der Waals surface area contributed by atoms with Crippen LogP contribution in [0.4, 0.5) is 5.69 Å². The Kier molecular flexibility index (Phi) is 4.78. The Hall–Kier alpha value is -0.980. The van der Waals surface area contributed by atoms with E-state index in [1.807, 2.05) is 13.1 Å². The first kappa shape index (κ1) is 15.4. The van der Waals surface area contributed by atoms with Crippen LogP contribution >= 0.6 is 15.9 Å². The molecule has 1 heterocycles. The summed E-state index contributed by atoms with van der Waals surface area (Å²) in [6, 6.07) is 4.99. The zero-order valence-corrected chi connectivity index (χ0v) is 13.4. The lowest BCUT2D eigenvalue weighted by Crippen LogP contribution is -2.49. The van der Waals surface area contributed by atoms with Crippen molar-refractivity contribution in [2.75, 3.05) is 20.1 Å². The van der Waals surface area contributed by atoms with Crippen LogP contribution in [0.15, 0.2) is 22.7 Å². The number of non-ortho nitro benzene ring substituents is 1. The number of halogens is 1. The minimum atomic E-state index is -0.367. The molecule has 0 bridgehead atoms. The van der Waals surface area contributed by atoms with Crippen LogP contribution in [-0.4, -0.2) is 35.5 Å². The predicted octanol–water partition coefficient (Wildman–Crippen LogP) is 2.93. The lowest BCUT2D eigenvalue weighted by Gasteiger charge is -2.39. The molecule has 0 spiro atoms. The van der Waals surface area contributed by atoms with Gasteiger partial charge in [-0.25, -0.2) is 0 Å². The molecule has 1 aromatic rings. The van der Waals surface area contributed by atoms with E-state index in [2.05, 4.69) is 33.1 Å². The van der Waals surface area contributed by atoms with Gasteiger partial charge in [-0.05, 0) is 38.4 Å². The van der Waals surface area contributed by atoms with E-state index in [9.17, 15) is 10.1 Å². The number of rotatable bonds is 4. The Balaban J connectivity index is 2.00. The molecule has 0 unspecified atom stereocenters. The molecule has 110 valence electrons. The van der Waals surface area contributed by atoms with Gasteiger partial charge in [0.15, 0.2) is 0 Å². The smallest absolute Gasteiger partial charge is 0.270 e. The molecule has 1 saturated heterocycles. The summed E-state index contributed by atoms with van der Waals surface area (Å²) < 4.78 is 0.814. The van der Waals surface area contributed by atoms with Crippen LogP contribution < -0.4 is 5.32 Å². The standard InChI is InChI=1S/C14H20BrN3O2/c1-14(16-2)5-7-17(8-6-14)10-11-3-4-12(18(19)20)9-13(11)15/h3-4,9,16H,5-8,10H2,1-2H3. The Morgan fingerprint density at radius 1 is 1.45 bits per heavy atom. The fourth-order valence-corrected chi connectivity index (χ4v) is 2.97. The number of nitrogens with one attached hydrogen (secondary N) is 1. The van der Waals surface area contributed by atoms with Crippen molar-refractivity contribution < 1.29 is 4.92 Å². The quantitative estimate of drug-likeness (QED) is 0.675. The monoisotopic (exact) mass is 341 g/mol. The van der Waals surface area contributed by atoms with E-state index >= 15 is 0 Å². The summed E-state index contributed by atoms with van der Waals surface area (Å²) in [5.74, 6) is 0. The molecule has 20 heavy (non-hydrogen) atoms. The van der Waals surface area contributed by atoms with Crippen LogP contribution in [0, 0.1) is 10.1 Å². The molecule has 6 heteroatoms. The Bertz CT molecular complexity index is 499. The molecule has 1 aliphatic rings. The molecule has 2 rings (SSSR count). The second kappa shape index (κ2) is 6.20. The molecule has 1 aromatic carbocycles. The van der Waals surface area contributed by atoms with E-state index in [4.69, 9.17) is 0 Å². The van der Waals surface area contributed by atoms with Gasteiger partial charge in [-0.2, -0.15) is 0 Å². The van der Waals surface area contributed by atoms with Crippen molar-refractivity contribution in [2.24, 2.45) is 0 Å². The van der Waals surface area contributed by atoms with Gasteiger partial charge in [-0.15, -0.1) is 0 Å². The highest BCUT2D eigenvalue weighted by Gasteiger charge is 2.28. The van der Waals surface area contributed by atoms with Gasteiger partial charge in [-0.3, -0.25) is 15.0 Å². The average molecular weight is 342 g/mol. The molecule has 1 fully saturated rings. The minimum Gasteiger partial charge on any atom is -0.314 e. The van der Waals surface area contributed by atoms with Crippen molar-refractivity contribution in [3.05, 3.63) is 38.3 Å². The highest BCUT2D eigenvalue weighted by Crippen LogP contribution is 2.27. The van der Waals surface area contributed by atoms with Crippen molar-refractivity contribution in [1.29, 1.82) is 0 Å². The molecule has 1 N–H and O–H groups in total. The third-order valence-electron chi connectivity index (χ3n) is 4.20. The lowest BCUT2D eigenvalue weighted by molar-refractivity contribution is -0.384. The third-order valence-corrected chi connectivity index (χ3v) is 4.94. The molecule has 0 aliphatic carbocycles. The maximum absolute atomic E-state index is 10.7. The van der Waals surface area contributed by atoms with Gasteiger partial charge in [0, 0.05) is 41.8 Å². The summed E-state index contributed by atoms with van der Waals surface area (Å²) in [6.07, 6.45) is 2.24. The van der Waals surface area contributed by atoms with Crippen molar-refractivity contribution >= 4 is 21.6 Å². The second-order valence-electron chi connectivity index (χ2n) is 5.62. The number of piperidine rings is 1. The van der Waals surface area contributed by atoms with E-state index < -0.39 is 0 Å². The number of benzene rings is 1. The molecule has 1 aliphatic heterocycles. The average Bonchev–Trinajstić information content (AvgIpc) is 2.43. The van der Waals surface area contributed by atoms with Crippen LogP contribution in [-0.2, 0) is 6.54 Å². The number of hydrogen-bond donors (Lipinski definition) is 1. The van der Waals surface area contributed by atoms with Crippen LogP contribution in [0.25, 0.3) is 0 Å². The van der Waals surface area contributed by atoms with Gasteiger partial charge in [0.1, 0.15) is 0 Å². The topological polar surface area (TPSA) is 58.4 Å². The van der Waals surface area contributed by atoms with Crippen molar-refractivity contribution in [1.82, 2.24) is 10.2 Å². The van der Waals surface area contributed by atoms with Gasteiger partial charge in [-0.1, -0.05) is 15.9 Å². The molecular weight excluding hydrogens is 322 g/mol. The Labute approximate surface area is 127 Å². The summed E-state index contributed by atoms with van der Waals surface area (Å²) in [5.41, 5.74) is 1.47. The predicted molar refractivity (Wildman–Crippen MR) is 82.8 cm³/mol. The molecule has 0 amide bonds. The van der Waals surface area contributed by atoms with Crippen molar-refractivity contribution in [3.63, 3.8) is 0 Å². The largest absolute Gasteiger partial charge is 0.314 e. The molecule has 0 aromatic heterocycles. The van der Waals surface area contributed by atoms with Gasteiger partial charge in [0.25, 0.3) is 5.69 Å². The number of nitro benzene ring substituents is 1. The number of likely N-dealkylation sites (tertiary alicyclic amines) is 1. The van der Waals surface area contributed by atoms with Gasteiger partial charge in [0.2, 0.25) is 0 Å². The summed E-state index contributed by atoms with van der Waals surface area (Å²) in [5, 5.41) is 14.1. The maximum atomic E-state index is 10.7. The SMILES string of the molecule is CNC1(C)CCN(Cc2ccc([N+](=O)[O-])cc2Br)CC1. The fourth-order valence-electron chi connectivity index (χ4n) is 2.47. The number of hydrogen-bond acceptors (Lipinski definition) is 4. The molecular formula is C14H20BrN3O2. The van der Waals surface area contributed by atoms with E-state index in [-0.39, 0.29) is 16.1 Å². The maximum Gasteiger partial charge on any atom is 0.270 e. The minimum absolute atomic E-state index is 0.127. The molecule has 0 atom stereocenters. The number of nitro groups is 1. The van der Waals surface area contributed by atoms with Crippen LogP contribution in [0.3, 0.4) is 0 Å². The van der Waals surface area contributed by atoms with E-state index in [1.165, 1.54) is 0 Å². The number of nitrogens with zero attached hydrogens (tertiary/aromatic N) is 2. The highest BCUT2D eigenvalue weighted by molar-refractivity contribution is 9.10. The van der Waals surface area contributed by atoms with Crippen LogP contribution in [0.5, 0.6) is 0 Å². The second-order valence-corrected chi connectivity index (χ2v) is 6.47. The highest BCUT2D eigenvalue weighted by atomic mass is 79.9. The zero-order valence-electron chi connectivity index (χ0n) is 11.9. The fraction of sp³-hybridized carbons (Fsp3) is 0.571. The van der Waals surface area contributed by atoms with Gasteiger partial charge < -0.3 is 5.32 Å². The first-order chi connectivity index (χ1) is 9.43. The van der Waals surface area contributed by atoms with Crippen LogP contribution in [0.2, 0.25) is 0 Å². The first-order valence-electron chi connectivity index (χ1n) is 6.78. The van der Waals surface area contributed by atoms with Gasteiger partial charge in [0.05, 0.1) is 4.92 Å². The Morgan fingerprint density at radius 2 is 2.10 bits per heavy atom. The lowest BCUT2D eigenvalue weighted by atomic mass is 9.90. The third kappa shape index (κ3) is 3.56. The summed E-state index contributed by atoms with van der Waals surface area (Å²) in [6.45, 7) is 5.17. The Morgan fingerprint density at radius 3 is 2.60 bits per heavy atom. The summed E-state index contributed by atoms with van der Waals surface area (Å²) in [7, 11) is 2.02. The van der Waals surface area contributed by atoms with Crippen LogP contribution in [0.1, 0.15) is 25.3 Å². The molecule has 0 radical (unpaired) electrons. The van der Waals surface area contributed by atoms with E-state index in [0.29, 0.717) is 0 Å². The van der Waals surface area contributed by atoms with E-state index in [0.717, 1.165) is 42.5 Å². The normalized spacial score (nSPS) is 18.9. The molecule has 5 nitrogen and oxygen atoms in total. The summed E-state index contributed by atoms with van der Waals surface area (Å²) >= 11 is 3.43. The zero-order chi connectivity index (χ0) is 14.8. The van der Waals surface area contributed by atoms with E-state index in [1.54, 1.807) is 12.1 Å². The van der Waals surface area contributed by atoms with Crippen molar-refractivity contribution in [2.45, 2.75) is 31.8 Å². The molecule has 0 saturated carbocycles.